The largest absolute Gasteiger partial charge is 0.364 e. The molecule has 1 heterocycles. The summed E-state index contributed by atoms with van der Waals surface area (Å²) in [6.45, 7) is 5.53. The lowest BCUT2D eigenvalue weighted by atomic mass is 10.1. The minimum absolute atomic E-state index is 0.106. The maximum atomic E-state index is 10.9. The maximum absolute atomic E-state index is 10.9. The van der Waals surface area contributed by atoms with Crippen LogP contribution in [-0.2, 0) is 0 Å². The van der Waals surface area contributed by atoms with Crippen LogP contribution in [0, 0.1) is 0 Å². The second-order valence-electron chi connectivity index (χ2n) is 3.18. The van der Waals surface area contributed by atoms with Gasteiger partial charge in [-0.1, -0.05) is 48.2 Å². The summed E-state index contributed by atoms with van der Waals surface area (Å²) in [5.41, 5.74) is 5.96. The SMILES string of the molecule is C=C\C=C(/C=C\C=C/C)c1cc(C(N)=O)no1. The molecule has 88 valence electrons. The fourth-order valence-corrected chi connectivity index (χ4v) is 1.14. The van der Waals surface area contributed by atoms with Crippen molar-refractivity contribution in [2.75, 3.05) is 0 Å². The molecule has 0 unspecified atom stereocenters. The quantitative estimate of drug-likeness (QED) is 0.790. The van der Waals surface area contributed by atoms with E-state index in [4.69, 9.17) is 10.3 Å². The van der Waals surface area contributed by atoms with Gasteiger partial charge >= 0.3 is 0 Å². The zero-order valence-electron chi connectivity index (χ0n) is 9.59. The topological polar surface area (TPSA) is 69.1 Å². The number of aromatic nitrogens is 1. The van der Waals surface area contributed by atoms with Crippen molar-refractivity contribution < 1.29 is 9.32 Å². The number of rotatable bonds is 5. The minimum Gasteiger partial charge on any atom is -0.364 e. The number of carbonyl (C=O) groups is 1. The van der Waals surface area contributed by atoms with Crippen molar-refractivity contribution in [3.05, 3.63) is 60.6 Å². The van der Waals surface area contributed by atoms with Gasteiger partial charge in [0, 0.05) is 11.6 Å². The molecule has 0 aliphatic rings. The van der Waals surface area contributed by atoms with Gasteiger partial charge in [-0.3, -0.25) is 4.79 Å². The van der Waals surface area contributed by atoms with Gasteiger partial charge in [-0.2, -0.15) is 0 Å². The van der Waals surface area contributed by atoms with Crippen molar-refractivity contribution >= 4 is 11.5 Å². The third kappa shape index (κ3) is 3.61. The van der Waals surface area contributed by atoms with Crippen LogP contribution >= 0.6 is 0 Å². The second-order valence-corrected chi connectivity index (χ2v) is 3.18. The molecule has 0 aromatic carbocycles. The lowest BCUT2D eigenvalue weighted by Crippen LogP contribution is -2.10. The number of carbonyl (C=O) groups excluding carboxylic acids is 1. The van der Waals surface area contributed by atoms with Gasteiger partial charge in [-0.05, 0) is 6.92 Å². The van der Waals surface area contributed by atoms with Gasteiger partial charge in [-0.15, -0.1) is 0 Å². The molecule has 0 aliphatic carbocycles. The summed E-state index contributed by atoms with van der Waals surface area (Å²) >= 11 is 0. The van der Waals surface area contributed by atoms with E-state index in [1.807, 2.05) is 31.2 Å². The summed E-state index contributed by atoms with van der Waals surface area (Å²) < 4.78 is 5.03. The Morgan fingerprint density at radius 1 is 1.53 bits per heavy atom. The Balaban J connectivity index is 3.02. The normalized spacial score (nSPS) is 12.4. The minimum atomic E-state index is -0.615. The van der Waals surface area contributed by atoms with Crippen LogP contribution in [0.5, 0.6) is 0 Å². The highest BCUT2D eigenvalue weighted by atomic mass is 16.5. The van der Waals surface area contributed by atoms with Gasteiger partial charge in [0.05, 0.1) is 0 Å². The van der Waals surface area contributed by atoms with E-state index in [9.17, 15) is 4.79 Å². The molecule has 1 rings (SSSR count). The second kappa shape index (κ2) is 6.27. The van der Waals surface area contributed by atoms with Crippen LogP contribution < -0.4 is 5.73 Å². The fraction of sp³-hybridized carbons (Fsp3) is 0.0769. The monoisotopic (exact) mass is 230 g/mol. The van der Waals surface area contributed by atoms with E-state index in [1.165, 1.54) is 6.07 Å². The molecule has 0 saturated heterocycles. The first kappa shape index (κ1) is 12.7. The fourth-order valence-electron chi connectivity index (χ4n) is 1.14. The van der Waals surface area contributed by atoms with Crippen LogP contribution in [0.1, 0.15) is 23.2 Å². The highest BCUT2D eigenvalue weighted by Gasteiger charge is 2.10. The lowest BCUT2D eigenvalue weighted by molar-refractivity contribution is 0.0991. The van der Waals surface area contributed by atoms with Crippen LogP contribution in [0.15, 0.2) is 53.6 Å². The average molecular weight is 230 g/mol. The summed E-state index contributed by atoms with van der Waals surface area (Å²) in [4.78, 5) is 10.9. The lowest BCUT2D eigenvalue weighted by Gasteiger charge is -1.92. The van der Waals surface area contributed by atoms with Crippen molar-refractivity contribution in [3.8, 4) is 0 Å². The highest BCUT2D eigenvalue weighted by Crippen LogP contribution is 2.17. The summed E-state index contributed by atoms with van der Waals surface area (Å²) in [6.07, 6.45) is 10.8. The van der Waals surface area contributed by atoms with Crippen molar-refractivity contribution in [2.45, 2.75) is 6.92 Å². The summed E-state index contributed by atoms with van der Waals surface area (Å²) in [6, 6.07) is 1.50. The predicted octanol–water partition coefficient (Wildman–Crippen LogP) is 2.48. The number of hydrogen-bond acceptors (Lipinski definition) is 3. The first-order valence-electron chi connectivity index (χ1n) is 5.08. The van der Waals surface area contributed by atoms with Crippen LogP contribution in [-0.4, -0.2) is 11.1 Å². The number of nitrogens with two attached hydrogens (primary N) is 1. The smallest absolute Gasteiger partial charge is 0.270 e. The summed E-state index contributed by atoms with van der Waals surface area (Å²) in [7, 11) is 0. The van der Waals surface area contributed by atoms with Gasteiger partial charge in [0.1, 0.15) is 0 Å². The Labute approximate surface area is 99.8 Å². The Hall–Kier alpha value is -2.36. The third-order valence-electron chi connectivity index (χ3n) is 1.92. The van der Waals surface area contributed by atoms with Crippen molar-refractivity contribution in [3.63, 3.8) is 0 Å². The number of hydrogen-bond donors (Lipinski definition) is 1. The Morgan fingerprint density at radius 2 is 2.29 bits per heavy atom. The summed E-state index contributed by atoms with van der Waals surface area (Å²) in [5.74, 6) is -0.144. The van der Waals surface area contributed by atoms with E-state index < -0.39 is 5.91 Å². The Morgan fingerprint density at radius 3 is 2.82 bits per heavy atom. The van der Waals surface area contributed by atoms with E-state index in [0.29, 0.717) is 5.76 Å². The molecular formula is C13H14N2O2. The van der Waals surface area contributed by atoms with Crippen molar-refractivity contribution in [2.24, 2.45) is 5.73 Å². The average Bonchev–Trinajstić information content (AvgIpc) is 2.77. The van der Waals surface area contributed by atoms with Gasteiger partial charge in [0.2, 0.25) is 0 Å². The molecule has 0 atom stereocenters. The van der Waals surface area contributed by atoms with Crippen molar-refractivity contribution in [1.82, 2.24) is 5.16 Å². The number of allylic oxidation sites excluding steroid dienone is 7. The molecule has 0 saturated carbocycles. The summed E-state index contributed by atoms with van der Waals surface area (Å²) in [5, 5.41) is 3.57. The van der Waals surface area contributed by atoms with Gasteiger partial charge in [0.25, 0.3) is 5.91 Å². The first-order valence-corrected chi connectivity index (χ1v) is 5.08. The predicted molar refractivity (Wildman–Crippen MR) is 67.1 cm³/mol. The highest BCUT2D eigenvalue weighted by molar-refractivity contribution is 5.91. The van der Waals surface area contributed by atoms with E-state index in [-0.39, 0.29) is 5.69 Å². The molecule has 0 spiro atoms. The van der Waals surface area contributed by atoms with Crippen LogP contribution in [0.4, 0.5) is 0 Å². The zero-order valence-corrected chi connectivity index (χ0v) is 9.59. The Bertz CT molecular complexity index is 493. The van der Waals surface area contributed by atoms with E-state index >= 15 is 0 Å². The number of nitrogens with zero attached hydrogens (tertiary/aromatic N) is 1. The first-order chi connectivity index (χ1) is 8.19. The molecule has 0 radical (unpaired) electrons. The van der Waals surface area contributed by atoms with E-state index in [0.717, 1.165) is 5.57 Å². The molecule has 1 aromatic heterocycles. The molecule has 1 aromatic rings. The number of primary amides is 1. The van der Waals surface area contributed by atoms with Crippen LogP contribution in [0.25, 0.3) is 5.57 Å². The molecule has 0 fully saturated rings. The molecule has 0 bridgehead atoms. The number of amides is 1. The molecule has 4 heteroatoms. The van der Waals surface area contributed by atoms with Gasteiger partial charge in [0.15, 0.2) is 11.5 Å². The zero-order chi connectivity index (χ0) is 12.7. The molecule has 1 amide bonds. The molecule has 4 nitrogen and oxygen atoms in total. The standard InChI is InChI=1S/C13H14N2O2/c1-3-5-6-8-10(7-4-2)12-9-11(13(14)16)15-17-12/h3-9H,2H2,1H3,(H2,14,16)/b5-3-,8-6-,10-7+. The molecule has 17 heavy (non-hydrogen) atoms. The van der Waals surface area contributed by atoms with Gasteiger partial charge in [-0.25, -0.2) is 0 Å². The Kier molecular flexibility index (Phi) is 4.69. The molecule has 2 N–H and O–H groups in total. The third-order valence-corrected chi connectivity index (χ3v) is 1.92. The molecule has 0 aliphatic heterocycles. The molecular weight excluding hydrogens is 216 g/mol. The van der Waals surface area contributed by atoms with Gasteiger partial charge < -0.3 is 10.3 Å². The van der Waals surface area contributed by atoms with E-state index in [1.54, 1.807) is 12.2 Å². The van der Waals surface area contributed by atoms with Crippen LogP contribution in [0.3, 0.4) is 0 Å². The maximum Gasteiger partial charge on any atom is 0.270 e. The van der Waals surface area contributed by atoms with Crippen molar-refractivity contribution in [1.29, 1.82) is 0 Å². The van der Waals surface area contributed by atoms with Crippen LogP contribution in [0.2, 0.25) is 0 Å². The van der Waals surface area contributed by atoms with E-state index in [2.05, 4.69) is 11.7 Å².